The number of aryl methyl sites for hydroxylation is 13. The number of hydrogen-bond donors (Lipinski definition) is 0. The molecule has 0 fully saturated rings. The van der Waals surface area contributed by atoms with Crippen LogP contribution in [0, 0.1) is 90.0 Å². The van der Waals surface area contributed by atoms with Crippen LogP contribution in [0.4, 0.5) is 0 Å². The van der Waals surface area contributed by atoms with Crippen LogP contribution in [-0.2, 0) is 19.3 Å². The van der Waals surface area contributed by atoms with E-state index in [4.69, 9.17) is 0 Å². The molecule has 0 atom stereocenters. The van der Waals surface area contributed by atoms with Gasteiger partial charge in [0.15, 0.2) is 0 Å². The first-order chi connectivity index (χ1) is 30.5. The molecule has 0 aromatic heterocycles. The molecular formula is C64H72. The van der Waals surface area contributed by atoms with E-state index in [1.807, 2.05) is 0 Å². The summed E-state index contributed by atoms with van der Waals surface area (Å²) in [6, 6.07) is 59.9. The normalized spacial score (nSPS) is 10.5. The fourth-order valence-electron chi connectivity index (χ4n) is 8.80. The second-order valence-electron chi connectivity index (χ2n) is 18.6. The van der Waals surface area contributed by atoms with Crippen LogP contribution in [0.15, 0.2) is 164 Å². The summed E-state index contributed by atoms with van der Waals surface area (Å²) < 4.78 is 0. The Hall–Kier alpha value is -6.24. The van der Waals surface area contributed by atoms with Crippen molar-refractivity contribution in [3.63, 3.8) is 0 Å². The molecule has 0 saturated carbocycles. The van der Waals surface area contributed by atoms with E-state index in [-0.39, 0.29) is 0 Å². The van der Waals surface area contributed by atoms with E-state index in [0.717, 1.165) is 19.3 Å². The van der Waals surface area contributed by atoms with E-state index < -0.39 is 0 Å². The molecule has 328 valence electrons. The van der Waals surface area contributed by atoms with Crippen LogP contribution in [-0.4, -0.2) is 0 Å². The van der Waals surface area contributed by atoms with Crippen molar-refractivity contribution in [3.8, 4) is 11.1 Å². The van der Waals surface area contributed by atoms with Gasteiger partial charge < -0.3 is 0 Å². The van der Waals surface area contributed by atoms with Crippen molar-refractivity contribution in [1.82, 2.24) is 0 Å². The van der Waals surface area contributed by atoms with E-state index in [0.29, 0.717) is 0 Å². The fourth-order valence-corrected chi connectivity index (χ4v) is 8.80. The minimum Gasteiger partial charge on any atom is -0.0617 e. The van der Waals surface area contributed by atoms with Crippen LogP contribution in [0.5, 0.6) is 0 Å². The molecule has 0 heterocycles. The van der Waals surface area contributed by atoms with Crippen LogP contribution < -0.4 is 0 Å². The zero-order valence-electron chi connectivity index (χ0n) is 41.2. The fraction of sp³-hybridized carbons (Fsp3) is 0.250. The van der Waals surface area contributed by atoms with Crippen LogP contribution in [0.3, 0.4) is 0 Å². The maximum absolute atomic E-state index is 2.27. The number of rotatable bonds is 7. The first-order valence-electron chi connectivity index (χ1n) is 23.0. The zero-order chi connectivity index (χ0) is 46.3. The summed E-state index contributed by atoms with van der Waals surface area (Å²) in [5.41, 5.74) is 28.5. The van der Waals surface area contributed by atoms with Crippen LogP contribution in [0.25, 0.3) is 11.1 Å². The number of benzene rings is 8. The molecule has 0 radical (unpaired) electrons. The van der Waals surface area contributed by atoms with Gasteiger partial charge in [-0.3, -0.25) is 0 Å². The molecule has 0 N–H and O–H groups in total. The molecule has 0 aliphatic carbocycles. The predicted molar refractivity (Wildman–Crippen MR) is 281 cm³/mol. The van der Waals surface area contributed by atoms with Crippen molar-refractivity contribution >= 4 is 0 Å². The molecule has 0 bridgehead atoms. The van der Waals surface area contributed by atoms with Gasteiger partial charge in [-0.2, -0.15) is 0 Å². The lowest BCUT2D eigenvalue weighted by Crippen LogP contribution is -1.90. The third-order valence-electron chi connectivity index (χ3n) is 11.4. The first kappa shape index (κ1) is 48.8. The van der Waals surface area contributed by atoms with Gasteiger partial charge in [-0.05, 0) is 165 Å². The van der Waals surface area contributed by atoms with Gasteiger partial charge in [-0.15, -0.1) is 0 Å². The van der Waals surface area contributed by atoms with Crippen LogP contribution in [0.2, 0.25) is 0 Å². The third-order valence-corrected chi connectivity index (χ3v) is 11.4. The lowest BCUT2D eigenvalue weighted by molar-refractivity contribution is 1.16. The maximum atomic E-state index is 2.27. The van der Waals surface area contributed by atoms with Gasteiger partial charge in [0.2, 0.25) is 0 Å². The summed E-state index contributed by atoms with van der Waals surface area (Å²) in [6.07, 6.45) is 3.09. The smallest absolute Gasteiger partial charge is 0.00255 e. The van der Waals surface area contributed by atoms with E-state index >= 15 is 0 Å². The average molecular weight is 841 g/mol. The molecule has 0 spiro atoms. The predicted octanol–water partition coefficient (Wildman–Crippen LogP) is 17.2. The minimum atomic E-state index is 1.03. The molecule has 64 heavy (non-hydrogen) atoms. The summed E-state index contributed by atoms with van der Waals surface area (Å²) in [5, 5.41) is 0. The third kappa shape index (κ3) is 16.1. The maximum Gasteiger partial charge on any atom is -0.00255 e. The Morgan fingerprint density at radius 1 is 0.203 bits per heavy atom. The second kappa shape index (κ2) is 23.4. The Balaban J connectivity index is 0.000000161. The summed E-state index contributed by atoms with van der Waals surface area (Å²) >= 11 is 0. The molecule has 0 heteroatoms. The summed E-state index contributed by atoms with van der Waals surface area (Å²) in [7, 11) is 0. The topological polar surface area (TPSA) is 0 Å². The largest absolute Gasteiger partial charge is 0.0617 e. The van der Waals surface area contributed by atoms with Gasteiger partial charge in [-0.25, -0.2) is 0 Å². The number of hydrogen-bond acceptors (Lipinski definition) is 0. The van der Waals surface area contributed by atoms with Crippen molar-refractivity contribution in [3.05, 3.63) is 269 Å². The van der Waals surface area contributed by atoms with E-state index in [2.05, 4.69) is 254 Å². The van der Waals surface area contributed by atoms with Gasteiger partial charge in [0.25, 0.3) is 0 Å². The molecule has 0 unspecified atom stereocenters. The highest BCUT2D eigenvalue weighted by Crippen LogP contribution is 2.28. The average Bonchev–Trinajstić information content (AvgIpc) is 3.19. The van der Waals surface area contributed by atoms with E-state index in [9.17, 15) is 0 Å². The van der Waals surface area contributed by atoms with Gasteiger partial charge in [-0.1, -0.05) is 225 Å². The van der Waals surface area contributed by atoms with Gasteiger partial charge in [0.1, 0.15) is 0 Å². The quantitative estimate of drug-likeness (QED) is 0.150. The van der Waals surface area contributed by atoms with E-state index in [1.165, 1.54) is 117 Å². The zero-order valence-corrected chi connectivity index (χ0v) is 41.2. The second-order valence-corrected chi connectivity index (χ2v) is 18.6. The van der Waals surface area contributed by atoms with Crippen molar-refractivity contribution in [2.75, 3.05) is 0 Å². The minimum absolute atomic E-state index is 1.03. The highest BCUT2D eigenvalue weighted by atomic mass is 14.1. The van der Waals surface area contributed by atoms with Crippen LogP contribution in [0.1, 0.15) is 106 Å². The first-order valence-corrected chi connectivity index (χ1v) is 23.0. The Morgan fingerprint density at radius 3 is 0.797 bits per heavy atom. The summed E-state index contributed by atoms with van der Waals surface area (Å²) in [6.45, 7) is 28.0. The summed E-state index contributed by atoms with van der Waals surface area (Å²) in [4.78, 5) is 0. The molecule has 0 saturated heterocycles. The molecule has 8 rings (SSSR count). The van der Waals surface area contributed by atoms with Crippen molar-refractivity contribution in [2.45, 2.75) is 109 Å². The Labute approximate surface area is 388 Å². The van der Waals surface area contributed by atoms with E-state index in [1.54, 1.807) is 0 Å². The van der Waals surface area contributed by atoms with Crippen molar-refractivity contribution in [1.29, 1.82) is 0 Å². The van der Waals surface area contributed by atoms with Gasteiger partial charge >= 0.3 is 0 Å². The molecule has 8 aromatic carbocycles. The van der Waals surface area contributed by atoms with Crippen LogP contribution >= 0.6 is 0 Å². The van der Waals surface area contributed by atoms with Gasteiger partial charge in [0.05, 0.1) is 0 Å². The molecule has 0 nitrogen and oxygen atoms in total. The standard InChI is InChI=1S/4C16H18/c1-11-5-7-15(13(3)9-11)16-8-6-12(2)10-14(16)4;1-12-4-6-15(7-5-12)11-16-9-13(2)8-14(3)10-16;2*1-12-5-4-6-15(8-12)11-16-9-13(2)7-14(3)10-16/h5-10H,1-4H3;3*4-10H,11H2,1-3H3. The molecule has 0 aliphatic rings. The lowest BCUT2D eigenvalue weighted by atomic mass is 9.94. The SMILES string of the molecule is Cc1ccc(-c2ccc(C)cc2C)c(C)c1.Cc1ccc(Cc2cc(C)cc(C)c2)cc1.Cc1cccc(Cc2cc(C)cc(C)c2)c1.Cc1cccc(Cc2cc(C)cc(C)c2)c1. The van der Waals surface area contributed by atoms with Crippen molar-refractivity contribution in [2.24, 2.45) is 0 Å². The summed E-state index contributed by atoms with van der Waals surface area (Å²) in [5.74, 6) is 0. The highest BCUT2D eigenvalue weighted by molar-refractivity contribution is 5.71. The monoisotopic (exact) mass is 841 g/mol. The molecular weight excluding hydrogens is 769 g/mol. The van der Waals surface area contributed by atoms with Gasteiger partial charge in [0, 0.05) is 0 Å². The molecule has 0 aliphatic heterocycles. The molecule has 0 amide bonds. The Kier molecular flexibility index (Phi) is 17.9. The lowest BCUT2D eigenvalue weighted by Gasteiger charge is -2.10. The highest BCUT2D eigenvalue weighted by Gasteiger charge is 2.06. The van der Waals surface area contributed by atoms with Crippen molar-refractivity contribution < 1.29 is 0 Å². The Morgan fingerprint density at radius 2 is 0.484 bits per heavy atom. The Bertz CT molecular complexity index is 2550. The molecule has 8 aromatic rings.